The summed E-state index contributed by atoms with van der Waals surface area (Å²) < 4.78 is 9.99. The number of carbonyl (C=O) groups is 2. The first kappa shape index (κ1) is 29.7. The number of unbranched alkanes of at least 4 members (excludes halogenated alkanes) is 15. The molecule has 0 aromatic carbocycles. The number of amides is 1. The summed E-state index contributed by atoms with van der Waals surface area (Å²) in [4.78, 5) is 23.7. The van der Waals surface area contributed by atoms with Crippen molar-refractivity contribution in [2.24, 2.45) is 5.92 Å². The Labute approximate surface area is 192 Å². The van der Waals surface area contributed by atoms with Crippen molar-refractivity contribution in [3.8, 4) is 0 Å². The summed E-state index contributed by atoms with van der Waals surface area (Å²) in [6, 6.07) is -0.640. The second kappa shape index (κ2) is 22.0. The molecule has 0 aliphatic carbocycles. The van der Waals surface area contributed by atoms with Crippen molar-refractivity contribution in [2.75, 3.05) is 13.7 Å². The normalized spacial score (nSPS) is 12.9. The predicted octanol–water partition coefficient (Wildman–Crippen LogP) is 7.56. The van der Waals surface area contributed by atoms with Crippen LogP contribution < -0.4 is 5.32 Å². The van der Waals surface area contributed by atoms with E-state index in [1.54, 1.807) is 0 Å². The summed E-state index contributed by atoms with van der Waals surface area (Å²) >= 11 is 0. The maximum Gasteiger partial charge on any atom is 0.407 e. The standard InChI is InChI=1S/C26H51NO4/c1-5-7-8-9-10-11-12-13-14-15-16-17-18-19-20-21-22-31-25(28)24(23(3)6-2)27-26(29)30-4/h23-24H,5-22H2,1-4H3,(H,27,29)/t23?,24-/m0/s1. The maximum atomic E-state index is 12.3. The Morgan fingerprint density at radius 2 is 1.13 bits per heavy atom. The largest absolute Gasteiger partial charge is 0.464 e. The molecule has 0 aromatic heterocycles. The van der Waals surface area contributed by atoms with E-state index < -0.39 is 12.1 Å². The number of hydrogen-bond acceptors (Lipinski definition) is 4. The molecule has 0 spiro atoms. The van der Waals surface area contributed by atoms with Crippen LogP contribution >= 0.6 is 0 Å². The van der Waals surface area contributed by atoms with Crippen molar-refractivity contribution < 1.29 is 19.1 Å². The molecule has 31 heavy (non-hydrogen) atoms. The molecule has 0 bridgehead atoms. The molecule has 0 fully saturated rings. The average molecular weight is 442 g/mol. The first-order chi connectivity index (χ1) is 15.1. The lowest BCUT2D eigenvalue weighted by molar-refractivity contribution is -0.147. The quantitative estimate of drug-likeness (QED) is 0.147. The van der Waals surface area contributed by atoms with Gasteiger partial charge >= 0.3 is 12.1 Å². The van der Waals surface area contributed by atoms with Gasteiger partial charge in [-0.05, 0) is 12.3 Å². The third-order valence-electron chi connectivity index (χ3n) is 6.17. The highest BCUT2D eigenvalue weighted by molar-refractivity contribution is 5.81. The topological polar surface area (TPSA) is 64.6 Å². The predicted molar refractivity (Wildman–Crippen MR) is 129 cm³/mol. The minimum Gasteiger partial charge on any atom is -0.464 e. The highest BCUT2D eigenvalue weighted by Gasteiger charge is 2.27. The van der Waals surface area contributed by atoms with Crippen LogP contribution in [0.15, 0.2) is 0 Å². The first-order valence-electron chi connectivity index (χ1n) is 13.1. The highest BCUT2D eigenvalue weighted by Crippen LogP contribution is 2.14. The van der Waals surface area contributed by atoms with Gasteiger partial charge in [0.2, 0.25) is 0 Å². The molecule has 1 unspecified atom stereocenters. The number of methoxy groups -OCH3 is 1. The van der Waals surface area contributed by atoms with E-state index in [-0.39, 0.29) is 11.9 Å². The van der Waals surface area contributed by atoms with Gasteiger partial charge in [-0.2, -0.15) is 0 Å². The van der Waals surface area contributed by atoms with Crippen molar-refractivity contribution in [3.63, 3.8) is 0 Å². The van der Waals surface area contributed by atoms with Crippen LogP contribution in [0.5, 0.6) is 0 Å². The van der Waals surface area contributed by atoms with E-state index in [1.165, 1.54) is 97.0 Å². The van der Waals surface area contributed by atoms with Gasteiger partial charge in [0.1, 0.15) is 6.04 Å². The van der Waals surface area contributed by atoms with E-state index in [4.69, 9.17) is 4.74 Å². The lowest BCUT2D eigenvalue weighted by atomic mass is 9.99. The lowest BCUT2D eigenvalue weighted by Gasteiger charge is -2.21. The van der Waals surface area contributed by atoms with Gasteiger partial charge in [-0.15, -0.1) is 0 Å². The fourth-order valence-electron chi connectivity index (χ4n) is 3.77. The summed E-state index contributed by atoms with van der Waals surface area (Å²) in [5.41, 5.74) is 0. The highest BCUT2D eigenvalue weighted by atomic mass is 16.5. The fraction of sp³-hybridized carbons (Fsp3) is 0.923. The van der Waals surface area contributed by atoms with Crippen LogP contribution in [0.2, 0.25) is 0 Å². The number of ether oxygens (including phenoxy) is 2. The zero-order valence-electron chi connectivity index (χ0n) is 21.0. The summed E-state index contributed by atoms with van der Waals surface area (Å²) in [6.07, 6.45) is 21.3. The van der Waals surface area contributed by atoms with E-state index in [2.05, 4.69) is 17.0 Å². The van der Waals surface area contributed by atoms with E-state index in [9.17, 15) is 9.59 Å². The van der Waals surface area contributed by atoms with Crippen molar-refractivity contribution in [1.82, 2.24) is 5.32 Å². The Hall–Kier alpha value is -1.26. The lowest BCUT2D eigenvalue weighted by Crippen LogP contribution is -2.46. The number of hydrogen-bond donors (Lipinski definition) is 1. The molecule has 5 heteroatoms. The van der Waals surface area contributed by atoms with E-state index in [0.717, 1.165) is 19.3 Å². The van der Waals surface area contributed by atoms with Crippen molar-refractivity contribution in [3.05, 3.63) is 0 Å². The van der Waals surface area contributed by atoms with Gasteiger partial charge in [-0.1, -0.05) is 124 Å². The Balaban J connectivity index is 3.52. The summed E-state index contributed by atoms with van der Waals surface area (Å²) in [6.45, 7) is 6.61. The van der Waals surface area contributed by atoms with Gasteiger partial charge in [0.25, 0.3) is 0 Å². The summed E-state index contributed by atoms with van der Waals surface area (Å²) in [7, 11) is 1.30. The molecule has 1 amide bonds. The van der Waals surface area contributed by atoms with Crippen molar-refractivity contribution in [1.29, 1.82) is 0 Å². The molecule has 0 aliphatic rings. The molecule has 0 heterocycles. The van der Waals surface area contributed by atoms with Crippen LogP contribution in [0, 0.1) is 5.92 Å². The first-order valence-corrected chi connectivity index (χ1v) is 13.1. The Bertz CT molecular complexity index is 428. The molecule has 184 valence electrons. The Morgan fingerprint density at radius 3 is 1.52 bits per heavy atom. The maximum absolute atomic E-state index is 12.3. The van der Waals surface area contributed by atoms with Gasteiger partial charge < -0.3 is 14.8 Å². The molecule has 0 aliphatic heterocycles. The molecule has 0 saturated carbocycles. The van der Waals surface area contributed by atoms with Crippen molar-refractivity contribution >= 4 is 12.1 Å². The third-order valence-corrected chi connectivity index (χ3v) is 6.17. The minimum absolute atomic E-state index is 0.0115. The van der Waals surface area contributed by atoms with Gasteiger partial charge in [-0.25, -0.2) is 9.59 Å². The smallest absolute Gasteiger partial charge is 0.407 e. The van der Waals surface area contributed by atoms with Gasteiger partial charge in [0.05, 0.1) is 13.7 Å². The van der Waals surface area contributed by atoms with Gasteiger partial charge in [0.15, 0.2) is 0 Å². The molecule has 0 aromatic rings. The molecule has 5 nitrogen and oxygen atoms in total. The van der Waals surface area contributed by atoms with E-state index >= 15 is 0 Å². The average Bonchev–Trinajstić information content (AvgIpc) is 2.78. The Morgan fingerprint density at radius 1 is 0.710 bits per heavy atom. The molecule has 0 saturated heterocycles. The van der Waals surface area contributed by atoms with Gasteiger partial charge in [0, 0.05) is 0 Å². The Kier molecular flexibility index (Phi) is 21.1. The summed E-state index contributed by atoms with van der Waals surface area (Å²) in [5, 5.41) is 2.59. The second-order valence-electron chi connectivity index (χ2n) is 8.97. The molecule has 1 N–H and O–H groups in total. The minimum atomic E-state index is -0.640. The van der Waals surface area contributed by atoms with E-state index in [0.29, 0.717) is 6.61 Å². The van der Waals surface area contributed by atoms with Crippen LogP contribution in [0.1, 0.15) is 130 Å². The number of alkyl carbamates (subject to hydrolysis) is 1. The van der Waals surface area contributed by atoms with Crippen LogP contribution in [0.25, 0.3) is 0 Å². The third kappa shape index (κ3) is 18.1. The van der Waals surface area contributed by atoms with Crippen LogP contribution in [0.3, 0.4) is 0 Å². The number of rotatable bonds is 21. The zero-order chi connectivity index (χ0) is 23.2. The van der Waals surface area contributed by atoms with Crippen LogP contribution in [-0.2, 0) is 14.3 Å². The summed E-state index contributed by atoms with van der Waals surface area (Å²) in [5.74, 6) is -0.349. The number of nitrogens with one attached hydrogen (secondary N) is 1. The zero-order valence-corrected chi connectivity index (χ0v) is 21.0. The van der Waals surface area contributed by atoms with E-state index in [1.807, 2.05) is 13.8 Å². The van der Waals surface area contributed by atoms with Gasteiger partial charge in [-0.3, -0.25) is 0 Å². The van der Waals surface area contributed by atoms with Crippen molar-refractivity contribution in [2.45, 2.75) is 136 Å². The molecule has 0 rings (SSSR count). The fourth-order valence-corrected chi connectivity index (χ4v) is 3.77. The molecular weight excluding hydrogens is 390 g/mol. The second-order valence-corrected chi connectivity index (χ2v) is 8.97. The van der Waals surface area contributed by atoms with Crippen LogP contribution in [0.4, 0.5) is 4.79 Å². The molecule has 2 atom stereocenters. The SMILES string of the molecule is CCCCCCCCCCCCCCCCCCOC(=O)[C@@H](NC(=O)OC)C(C)CC. The van der Waals surface area contributed by atoms with Crippen LogP contribution in [-0.4, -0.2) is 31.8 Å². The monoisotopic (exact) mass is 441 g/mol. The molecule has 0 radical (unpaired) electrons. The number of esters is 1. The number of carbonyl (C=O) groups excluding carboxylic acids is 2. The molecular formula is C26H51NO4.